The fraction of sp³-hybridized carbons (Fsp3) is 0.409. The Balaban J connectivity index is 1.17. The second kappa shape index (κ2) is 20.6. The third-order valence-electron chi connectivity index (χ3n) is 11.5. The number of amides is 5. The highest BCUT2D eigenvalue weighted by molar-refractivity contribution is 6.31. The van der Waals surface area contributed by atoms with Crippen molar-refractivity contribution in [3.05, 3.63) is 87.5 Å². The molecular formula is C44H50N6O16. The highest BCUT2D eigenvalue weighted by Gasteiger charge is 2.50. The highest BCUT2D eigenvalue weighted by atomic mass is 16.7. The first-order valence-electron chi connectivity index (χ1n) is 20.8. The summed E-state index contributed by atoms with van der Waals surface area (Å²) in [5, 5.41) is 68.1. The minimum Gasteiger partial charge on any atom is -0.507 e. The van der Waals surface area contributed by atoms with E-state index in [0.29, 0.717) is 5.56 Å². The Morgan fingerprint density at radius 3 is 2.21 bits per heavy atom. The molecule has 352 valence electrons. The zero-order chi connectivity index (χ0) is 48.0. The minimum absolute atomic E-state index is 0.0127. The lowest BCUT2D eigenvalue weighted by molar-refractivity contribution is -0.249. The van der Waals surface area contributed by atoms with Gasteiger partial charge in [-0.15, -0.1) is 0 Å². The molecule has 3 aliphatic rings. The Bertz CT molecular complexity index is 2430. The van der Waals surface area contributed by atoms with Gasteiger partial charge in [-0.25, -0.2) is 0 Å². The van der Waals surface area contributed by atoms with Crippen LogP contribution in [0, 0.1) is 0 Å². The standard InChI is InChI=1S/C44H50N6O16/c1-20-38(57)24(49-32(56)18-48-43(62)25(11-21-7-4-3-5-8-21)50-31(55)17-47-30(54)16-46-29(53)15-45)12-33(65-20)66-27-14-44(63,28(52)19-51)13-23-35(27)42(61)37-36(40(23)59)39(58)22-9-6-10-26(64-2)34(22)41(37)60/h3-10,20,24-25,27,33,38,51,57,59,61,63H,11-19,45H2,1-2H3,(H,46,53)(H,47,54)(H,48,62)(H,49,56)(H,50,55)/t20-,24-,25-,27-,33-,38+,44-/m0/s1. The monoisotopic (exact) mass is 918 g/mol. The van der Waals surface area contributed by atoms with Crippen molar-refractivity contribution < 1.29 is 78.1 Å². The van der Waals surface area contributed by atoms with Gasteiger partial charge in [0.05, 0.1) is 68.2 Å². The van der Waals surface area contributed by atoms with Gasteiger partial charge in [0.2, 0.25) is 35.3 Å². The van der Waals surface area contributed by atoms with Crippen LogP contribution in [0.3, 0.4) is 0 Å². The number of hydrogen-bond donors (Lipinski definition) is 11. The number of methoxy groups -OCH3 is 1. The Hall–Kier alpha value is -6.82. The number of ether oxygens (including phenoxy) is 3. The third kappa shape index (κ3) is 10.3. The molecule has 3 aromatic rings. The zero-order valence-electron chi connectivity index (χ0n) is 35.8. The summed E-state index contributed by atoms with van der Waals surface area (Å²) in [6, 6.07) is 10.5. The summed E-state index contributed by atoms with van der Waals surface area (Å²) < 4.78 is 17.4. The summed E-state index contributed by atoms with van der Waals surface area (Å²) in [5.74, 6) is -8.00. The van der Waals surface area contributed by atoms with Gasteiger partial charge >= 0.3 is 0 Å². The van der Waals surface area contributed by atoms with Gasteiger partial charge in [0, 0.05) is 42.4 Å². The van der Waals surface area contributed by atoms with Gasteiger partial charge in [-0.05, 0) is 18.6 Å². The van der Waals surface area contributed by atoms with Crippen molar-refractivity contribution in [3.8, 4) is 17.2 Å². The van der Waals surface area contributed by atoms with Crippen LogP contribution in [0.4, 0.5) is 0 Å². The largest absolute Gasteiger partial charge is 0.507 e. The minimum atomic E-state index is -2.42. The smallest absolute Gasteiger partial charge is 0.243 e. The number of hydrogen-bond acceptors (Lipinski definition) is 17. The third-order valence-corrected chi connectivity index (χ3v) is 11.5. The van der Waals surface area contributed by atoms with E-state index in [4.69, 9.17) is 19.9 Å². The number of aliphatic hydroxyl groups is 3. The summed E-state index contributed by atoms with van der Waals surface area (Å²) >= 11 is 0. The van der Waals surface area contributed by atoms with Gasteiger partial charge in [0.15, 0.2) is 17.9 Å². The molecule has 3 aromatic carbocycles. The molecule has 6 rings (SSSR count). The second-order valence-corrected chi connectivity index (χ2v) is 16.0. The van der Waals surface area contributed by atoms with Crippen LogP contribution in [-0.4, -0.2) is 148 Å². The van der Waals surface area contributed by atoms with E-state index in [9.17, 15) is 63.9 Å². The number of benzene rings is 3. The first kappa shape index (κ1) is 48.6. The Morgan fingerprint density at radius 1 is 0.864 bits per heavy atom. The van der Waals surface area contributed by atoms with Crippen molar-refractivity contribution in [2.24, 2.45) is 5.73 Å². The van der Waals surface area contributed by atoms with Gasteiger partial charge in [0.1, 0.15) is 41.6 Å². The summed E-state index contributed by atoms with van der Waals surface area (Å²) in [6.45, 7) is -1.65. The molecule has 0 bridgehead atoms. The van der Waals surface area contributed by atoms with Gasteiger partial charge in [-0.3, -0.25) is 38.4 Å². The molecule has 0 radical (unpaired) electrons. The maximum absolute atomic E-state index is 14.0. The zero-order valence-corrected chi connectivity index (χ0v) is 35.8. The number of nitrogens with two attached hydrogens (primary N) is 1. The fourth-order valence-corrected chi connectivity index (χ4v) is 8.20. The lowest BCUT2D eigenvalue weighted by Gasteiger charge is -2.43. The lowest BCUT2D eigenvalue weighted by Crippen LogP contribution is -2.57. The van der Waals surface area contributed by atoms with Crippen molar-refractivity contribution in [2.45, 2.75) is 74.9 Å². The number of carbonyl (C=O) groups excluding carboxylic acids is 8. The van der Waals surface area contributed by atoms with E-state index in [-0.39, 0.29) is 47.4 Å². The molecule has 7 atom stereocenters. The van der Waals surface area contributed by atoms with Crippen LogP contribution in [0.2, 0.25) is 0 Å². The van der Waals surface area contributed by atoms with Gasteiger partial charge in [-0.1, -0.05) is 42.5 Å². The number of carbonyl (C=O) groups is 8. The number of phenols is 2. The van der Waals surface area contributed by atoms with Crippen LogP contribution < -0.4 is 37.1 Å². The Kier molecular flexibility index (Phi) is 15.2. The molecule has 1 saturated heterocycles. The topological polar surface area (TPSA) is 352 Å². The maximum Gasteiger partial charge on any atom is 0.243 e. The second-order valence-electron chi connectivity index (χ2n) is 16.0. The SMILES string of the molecule is COc1cccc2c1C(=O)c1c(O)c3c(c(O)c1C2=O)C[C@@](O)(C(=O)CO)C[C@@H]3O[C@H]1C[C@H](NC(=O)CNC(=O)[C@H](Cc2ccccc2)NC(=O)CNC(=O)CNC(=O)CN)[C@H](O)[C@H](C)O1. The fourth-order valence-electron chi connectivity index (χ4n) is 8.20. The molecule has 5 amide bonds. The molecule has 0 spiro atoms. The number of aromatic hydroxyl groups is 2. The van der Waals surface area contributed by atoms with Crippen molar-refractivity contribution in [3.63, 3.8) is 0 Å². The molecular weight excluding hydrogens is 869 g/mol. The van der Waals surface area contributed by atoms with Crippen molar-refractivity contribution in [2.75, 3.05) is 39.9 Å². The summed E-state index contributed by atoms with van der Waals surface area (Å²) in [6.07, 6.45) is -7.03. The molecule has 22 nitrogen and oxygen atoms in total. The van der Waals surface area contributed by atoms with Crippen LogP contribution in [0.15, 0.2) is 48.5 Å². The quantitative estimate of drug-likeness (QED) is 0.0476. The molecule has 1 fully saturated rings. The van der Waals surface area contributed by atoms with E-state index in [1.54, 1.807) is 30.3 Å². The molecule has 22 heteroatoms. The molecule has 0 aromatic heterocycles. The average Bonchev–Trinajstić information content (AvgIpc) is 3.30. The van der Waals surface area contributed by atoms with Crippen LogP contribution in [0.25, 0.3) is 0 Å². The van der Waals surface area contributed by atoms with Crippen LogP contribution in [-0.2, 0) is 51.1 Å². The van der Waals surface area contributed by atoms with E-state index in [0.717, 1.165) is 0 Å². The molecule has 1 aliphatic heterocycles. The van der Waals surface area contributed by atoms with Gasteiger partial charge < -0.3 is 72.1 Å². The molecule has 12 N–H and O–H groups in total. The highest BCUT2D eigenvalue weighted by Crippen LogP contribution is 2.52. The first-order chi connectivity index (χ1) is 31.4. The van der Waals surface area contributed by atoms with E-state index >= 15 is 0 Å². The number of phenolic OH excluding ortho intramolecular Hbond substituents is 2. The van der Waals surface area contributed by atoms with Crippen molar-refractivity contribution in [1.29, 1.82) is 0 Å². The number of fused-ring (bicyclic) bond motifs is 3. The number of Topliss-reactive ketones (excluding diaryl/α,β-unsaturated/α-hetero) is 1. The predicted octanol–water partition coefficient (Wildman–Crippen LogP) is -2.81. The van der Waals surface area contributed by atoms with Crippen molar-refractivity contribution >= 4 is 46.9 Å². The van der Waals surface area contributed by atoms with Crippen LogP contribution in [0.5, 0.6) is 17.2 Å². The first-order valence-corrected chi connectivity index (χ1v) is 20.8. The van der Waals surface area contributed by atoms with Crippen LogP contribution in [0.1, 0.15) is 74.4 Å². The molecule has 0 saturated carbocycles. The number of nitrogens with one attached hydrogen (secondary N) is 5. The Morgan fingerprint density at radius 2 is 1.53 bits per heavy atom. The molecule has 1 heterocycles. The summed E-state index contributed by atoms with van der Waals surface area (Å²) in [5.41, 5.74) is 1.38. The van der Waals surface area contributed by atoms with E-state index in [2.05, 4.69) is 26.6 Å². The summed E-state index contributed by atoms with van der Waals surface area (Å²) in [7, 11) is 1.28. The lowest BCUT2D eigenvalue weighted by atomic mass is 9.72. The van der Waals surface area contributed by atoms with E-state index in [1.165, 1.54) is 32.2 Å². The summed E-state index contributed by atoms with van der Waals surface area (Å²) in [4.78, 5) is 104. The number of rotatable bonds is 17. The predicted molar refractivity (Wildman–Crippen MR) is 226 cm³/mol. The van der Waals surface area contributed by atoms with Crippen molar-refractivity contribution in [1.82, 2.24) is 26.6 Å². The van der Waals surface area contributed by atoms with Gasteiger partial charge in [-0.2, -0.15) is 0 Å². The maximum atomic E-state index is 14.0. The number of aliphatic hydroxyl groups excluding tert-OH is 2. The number of ketones is 3. The Labute approximate surface area is 376 Å². The molecule has 0 unspecified atom stereocenters. The van der Waals surface area contributed by atoms with Gasteiger partial charge in [0.25, 0.3) is 0 Å². The molecule has 2 aliphatic carbocycles. The normalized spacial score (nSPS) is 22.4. The van der Waals surface area contributed by atoms with E-state index in [1.807, 2.05) is 0 Å². The van der Waals surface area contributed by atoms with E-state index < -0.39 is 151 Å². The van der Waals surface area contributed by atoms with Crippen LogP contribution >= 0.6 is 0 Å². The average molecular weight is 919 g/mol. The molecule has 66 heavy (non-hydrogen) atoms.